The van der Waals surface area contributed by atoms with E-state index in [1.807, 2.05) is 19.2 Å². The van der Waals surface area contributed by atoms with E-state index in [9.17, 15) is 0 Å². The Morgan fingerprint density at radius 2 is 2.17 bits per heavy atom. The molecule has 2 rings (SSSR count). The molecule has 0 aliphatic rings. The minimum absolute atomic E-state index is 0.00925. The van der Waals surface area contributed by atoms with Gasteiger partial charge < -0.3 is 14.6 Å². The quantitative estimate of drug-likeness (QED) is 0.902. The molecule has 0 bridgehead atoms. The normalized spacial score (nSPS) is 10.4. The van der Waals surface area contributed by atoms with E-state index in [1.54, 1.807) is 30.6 Å². The van der Waals surface area contributed by atoms with Crippen molar-refractivity contribution >= 4 is 11.3 Å². The molecule has 1 heterocycles. The van der Waals surface area contributed by atoms with Crippen LogP contribution in [-0.4, -0.2) is 17.2 Å². The largest absolute Gasteiger partial charge is 0.493 e. The van der Waals surface area contributed by atoms with Gasteiger partial charge in [-0.25, -0.2) is 4.98 Å². The average Bonchev–Trinajstić information content (AvgIpc) is 2.82. The van der Waals surface area contributed by atoms with E-state index in [4.69, 9.17) is 14.6 Å². The maximum Gasteiger partial charge on any atom is 0.161 e. The Morgan fingerprint density at radius 3 is 2.78 bits per heavy atom. The zero-order valence-electron chi connectivity index (χ0n) is 10.3. The van der Waals surface area contributed by atoms with Gasteiger partial charge in [0.05, 0.1) is 23.6 Å². The number of hydrogen-bond donors (Lipinski definition) is 1. The van der Waals surface area contributed by atoms with E-state index in [-0.39, 0.29) is 6.61 Å². The summed E-state index contributed by atoms with van der Waals surface area (Å²) in [6.45, 7) is 2.43. The molecule has 96 valence electrons. The zero-order chi connectivity index (χ0) is 13.0. The number of aliphatic hydroxyl groups is 1. The highest BCUT2D eigenvalue weighted by Crippen LogP contribution is 2.29. The van der Waals surface area contributed by atoms with E-state index < -0.39 is 0 Å². The van der Waals surface area contributed by atoms with Gasteiger partial charge in [-0.05, 0) is 24.6 Å². The monoisotopic (exact) mass is 265 g/mol. The summed E-state index contributed by atoms with van der Waals surface area (Å²) < 4.78 is 10.9. The maximum absolute atomic E-state index is 9.06. The number of hydrogen-bond acceptors (Lipinski definition) is 5. The molecule has 0 atom stereocenters. The topological polar surface area (TPSA) is 51.6 Å². The molecule has 4 nitrogen and oxygen atoms in total. The fourth-order valence-corrected chi connectivity index (χ4v) is 2.26. The third-order valence-electron chi connectivity index (χ3n) is 2.45. The van der Waals surface area contributed by atoms with Gasteiger partial charge in [-0.2, -0.15) is 0 Å². The molecule has 0 saturated heterocycles. The molecular formula is C13H15NO3S. The molecule has 2 aromatic rings. The molecule has 0 fully saturated rings. The Kier molecular flexibility index (Phi) is 4.17. The molecular weight excluding hydrogens is 250 g/mol. The Hall–Kier alpha value is -1.59. The van der Waals surface area contributed by atoms with Crippen molar-refractivity contribution in [2.24, 2.45) is 0 Å². The number of rotatable bonds is 5. The molecule has 0 amide bonds. The first-order valence-corrected chi connectivity index (χ1v) is 6.36. The van der Waals surface area contributed by atoms with Gasteiger partial charge in [-0.1, -0.05) is 6.07 Å². The molecule has 1 aromatic heterocycles. The number of benzene rings is 1. The third-order valence-corrected chi connectivity index (χ3v) is 3.34. The van der Waals surface area contributed by atoms with Crippen LogP contribution in [0, 0.1) is 6.92 Å². The second kappa shape index (κ2) is 5.84. The van der Waals surface area contributed by atoms with E-state index in [0.29, 0.717) is 18.1 Å². The van der Waals surface area contributed by atoms with Gasteiger partial charge in [0.2, 0.25) is 0 Å². The lowest BCUT2D eigenvalue weighted by Crippen LogP contribution is -1.97. The fourth-order valence-electron chi connectivity index (χ4n) is 1.55. The SMILES string of the molecule is COc1cc(CO)ccc1OCc1cnc(C)s1. The first-order chi connectivity index (χ1) is 8.72. The summed E-state index contributed by atoms with van der Waals surface area (Å²) in [5.74, 6) is 1.29. The summed E-state index contributed by atoms with van der Waals surface area (Å²) >= 11 is 1.61. The van der Waals surface area contributed by atoms with Crippen LogP contribution >= 0.6 is 11.3 Å². The molecule has 0 aliphatic carbocycles. The predicted molar refractivity (Wildman–Crippen MR) is 70.1 cm³/mol. The van der Waals surface area contributed by atoms with Crippen molar-refractivity contribution in [1.29, 1.82) is 0 Å². The van der Waals surface area contributed by atoms with Gasteiger partial charge in [-0.15, -0.1) is 11.3 Å². The van der Waals surface area contributed by atoms with Crippen molar-refractivity contribution in [3.63, 3.8) is 0 Å². The van der Waals surface area contributed by atoms with Crippen molar-refractivity contribution in [2.75, 3.05) is 7.11 Å². The molecule has 0 radical (unpaired) electrons. The zero-order valence-corrected chi connectivity index (χ0v) is 11.2. The lowest BCUT2D eigenvalue weighted by Gasteiger charge is -2.10. The van der Waals surface area contributed by atoms with Crippen LogP contribution < -0.4 is 9.47 Å². The number of aliphatic hydroxyl groups excluding tert-OH is 1. The predicted octanol–water partition coefficient (Wildman–Crippen LogP) is 2.53. The van der Waals surface area contributed by atoms with Gasteiger partial charge in [-0.3, -0.25) is 0 Å². The van der Waals surface area contributed by atoms with Crippen molar-refractivity contribution < 1.29 is 14.6 Å². The van der Waals surface area contributed by atoms with Crippen LogP contribution in [-0.2, 0) is 13.2 Å². The van der Waals surface area contributed by atoms with Gasteiger partial charge in [0, 0.05) is 6.20 Å². The molecule has 0 spiro atoms. The van der Waals surface area contributed by atoms with E-state index in [2.05, 4.69) is 4.98 Å². The molecule has 0 saturated carbocycles. The Bertz CT molecular complexity index is 525. The number of aromatic nitrogens is 1. The van der Waals surface area contributed by atoms with E-state index in [1.165, 1.54) is 0 Å². The van der Waals surface area contributed by atoms with Gasteiger partial charge in [0.1, 0.15) is 6.61 Å². The van der Waals surface area contributed by atoms with Crippen molar-refractivity contribution in [3.8, 4) is 11.5 Å². The molecule has 0 aliphatic heterocycles. The van der Waals surface area contributed by atoms with E-state index in [0.717, 1.165) is 15.4 Å². The van der Waals surface area contributed by atoms with Gasteiger partial charge in [0.25, 0.3) is 0 Å². The summed E-state index contributed by atoms with van der Waals surface area (Å²) in [7, 11) is 1.58. The van der Waals surface area contributed by atoms with Gasteiger partial charge in [0.15, 0.2) is 11.5 Å². The molecule has 5 heteroatoms. The first-order valence-electron chi connectivity index (χ1n) is 5.55. The minimum atomic E-state index is -0.00925. The summed E-state index contributed by atoms with van der Waals surface area (Å²) in [4.78, 5) is 5.24. The number of nitrogens with zero attached hydrogens (tertiary/aromatic N) is 1. The smallest absolute Gasteiger partial charge is 0.161 e. The van der Waals surface area contributed by atoms with E-state index >= 15 is 0 Å². The lowest BCUT2D eigenvalue weighted by molar-refractivity contribution is 0.275. The van der Waals surface area contributed by atoms with Crippen molar-refractivity contribution in [3.05, 3.63) is 39.8 Å². The summed E-state index contributed by atoms with van der Waals surface area (Å²) in [6.07, 6.45) is 1.81. The van der Waals surface area contributed by atoms with Crippen LogP contribution in [0.5, 0.6) is 11.5 Å². The van der Waals surface area contributed by atoms with Crippen LogP contribution in [0.1, 0.15) is 15.4 Å². The Labute approximate surface area is 110 Å². The van der Waals surface area contributed by atoms with Crippen LogP contribution in [0.2, 0.25) is 0 Å². The highest BCUT2D eigenvalue weighted by atomic mass is 32.1. The third kappa shape index (κ3) is 3.00. The van der Waals surface area contributed by atoms with Crippen molar-refractivity contribution in [2.45, 2.75) is 20.1 Å². The number of ether oxygens (including phenoxy) is 2. The lowest BCUT2D eigenvalue weighted by atomic mass is 10.2. The molecule has 1 N–H and O–H groups in total. The Balaban J connectivity index is 2.08. The summed E-state index contributed by atoms with van der Waals surface area (Å²) in [6, 6.07) is 5.39. The summed E-state index contributed by atoms with van der Waals surface area (Å²) in [5.41, 5.74) is 0.799. The number of methoxy groups -OCH3 is 1. The molecule has 0 unspecified atom stereocenters. The second-order valence-electron chi connectivity index (χ2n) is 3.78. The van der Waals surface area contributed by atoms with Crippen LogP contribution in [0.3, 0.4) is 0 Å². The maximum atomic E-state index is 9.06. The second-order valence-corrected chi connectivity index (χ2v) is 5.10. The van der Waals surface area contributed by atoms with Crippen LogP contribution in [0.4, 0.5) is 0 Å². The fraction of sp³-hybridized carbons (Fsp3) is 0.308. The highest BCUT2D eigenvalue weighted by molar-refractivity contribution is 7.11. The minimum Gasteiger partial charge on any atom is -0.493 e. The van der Waals surface area contributed by atoms with Crippen LogP contribution in [0.15, 0.2) is 24.4 Å². The average molecular weight is 265 g/mol. The molecule has 18 heavy (non-hydrogen) atoms. The standard InChI is InChI=1S/C13H15NO3S/c1-9-14-6-11(18-9)8-17-12-4-3-10(7-15)5-13(12)16-2/h3-6,15H,7-8H2,1-2H3. The number of thiazole rings is 1. The number of aryl methyl sites for hydroxylation is 1. The molecule has 1 aromatic carbocycles. The summed E-state index contributed by atoms with van der Waals surface area (Å²) in [5, 5.41) is 10.1. The van der Waals surface area contributed by atoms with Crippen molar-refractivity contribution in [1.82, 2.24) is 4.98 Å². The van der Waals surface area contributed by atoms with Crippen LogP contribution in [0.25, 0.3) is 0 Å². The highest BCUT2D eigenvalue weighted by Gasteiger charge is 2.06. The van der Waals surface area contributed by atoms with Gasteiger partial charge >= 0.3 is 0 Å². The Morgan fingerprint density at radius 1 is 1.33 bits per heavy atom. The first kappa shape index (κ1) is 12.9.